The minimum atomic E-state index is -3.83. The lowest BCUT2D eigenvalue weighted by atomic mass is 9.98. The highest BCUT2D eigenvalue weighted by atomic mass is 32.2. The van der Waals surface area contributed by atoms with Crippen molar-refractivity contribution in [3.05, 3.63) is 48.4 Å². The summed E-state index contributed by atoms with van der Waals surface area (Å²) in [5.41, 5.74) is 0.596. The second kappa shape index (κ2) is 9.57. The Bertz CT molecular complexity index is 1480. The third-order valence-electron chi connectivity index (χ3n) is 6.85. The molecule has 2 saturated heterocycles. The van der Waals surface area contributed by atoms with Crippen molar-refractivity contribution < 1.29 is 22.7 Å². The number of benzene rings is 1. The van der Waals surface area contributed by atoms with E-state index in [2.05, 4.69) is 20.6 Å². The number of anilines is 1. The number of hydrogen-bond acceptors (Lipinski definition) is 8. The Kier molecular flexibility index (Phi) is 6.54. The van der Waals surface area contributed by atoms with Gasteiger partial charge in [-0.3, -0.25) is 4.79 Å². The van der Waals surface area contributed by atoms with Crippen molar-refractivity contribution in [3.8, 4) is 0 Å². The zero-order valence-corrected chi connectivity index (χ0v) is 22.7. The first-order chi connectivity index (χ1) is 17.9. The van der Waals surface area contributed by atoms with Crippen molar-refractivity contribution >= 4 is 38.9 Å². The molecule has 0 aliphatic carbocycles. The van der Waals surface area contributed by atoms with E-state index in [1.165, 1.54) is 12.5 Å². The van der Waals surface area contributed by atoms with Crippen molar-refractivity contribution in [2.45, 2.75) is 75.6 Å². The summed E-state index contributed by atoms with van der Waals surface area (Å²) < 4.78 is 33.0. The fourth-order valence-corrected chi connectivity index (χ4v) is 6.36. The van der Waals surface area contributed by atoms with Crippen LogP contribution in [-0.2, 0) is 19.6 Å². The van der Waals surface area contributed by atoms with Gasteiger partial charge in [-0.1, -0.05) is 17.7 Å². The third kappa shape index (κ3) is 5.04. The molecule has 12 heteroatoms. The lowest BCUT2D eigenvalue weighted by molar-refractivity contribution is -0.131. The average molecular weight is 541 g/mol. The van der Waals surface area contributed by atoms with Crippen molar-refractivity contribution in [1.82, 2.24) is 24.2 Å². The summed E-state index contributed by atoms with van der Waals surface area (Å²) in [7, 11) is -3.83. The zero-order valence-electron chi connectivity index (χ0n) is 21.8. The molecule has 0 spiro atoms. The van der Waals surface area contributed by atoms with Gasteiger partial charge in [-0.2, -0.15) is 0 Å². The number of carbonyl (C=O) groups is 2. The SMILES string of the molecule is Cc1ccc(S(=O)(=O)n2ccc3c(N[C@@H]4CC[C@H]5C[C@H](NC(=O)OC(C)(C)C)C(=O)N5C4)ncnc32)cc1. The highest BCUT2D eigenvalue weighted by Gasteiger charge is 2.44. The second-order valence-electron chi connectivity index (χ2n) is 10.9. The minimum absolute atomic E-state index is 0.0478. The number of aromatic nitrogens is 3. The monoisotopic (exact) mass is 540 g/mol. The largest absolute Gasteiger partial charge is 0.444 e. The van der Waals surface area contributed by atoms with Crippen molar-refractivity contribution in [1.29, 1.82) is 0 Å². The molecule has 2 aliphatic heterocycles. The van der Waals surface area contributed by atoms with E-state index in [0.717, 1.165) is 22.4 Å². The van der Waals surface area contributed by atoms with E-state index in [4.69, 9.17) is 4.74 Å². The number of carbonyl (C=O) groups excluding carboxylic acids is 2. The molecule has 0 bridgehead atoms. The smallest absolute Gasteiger partial charge is 0.408 e. The summed E-state index contributed by atoms with van der Waals surface area (Å²) in [6, 6.07) is 7.68. The number of nitrogens with one attached hydrogen (secondary N) is 2. The molecule has 5 rings (SSSR count). The lowest BCUT2D eigenvalue weighted by Crippen LogP contribution is -2.49. The van der Waals surface area contributed by atoms with Gasteiger partial charge in [-0.15, -0.1) is 0 Å². The van der Waals surface area contributed by atoms with Crippen molar-refractivity contribution in [3.63, 3.8) is 0 Å². The molecule has 0 radical (unpaired) electrons. The average Bonchev–Trinajstić information content (AvgIpc) is 3.41. The maximum Gasteiger partial charge on any atom is 0.408 e. The van der Waals surface area contributed by atoms with E-state index in [1.807, 2.05) is 6.92 Å². The van der Waals surface area contributed by atoms with Gasteiger partial charge < -0.3 is 20.3 Å². The molecule has 2 aromatic heterocycles. The van der Waals surface area contributed by atoms with Crippen LogP contribution in [0.1, 0.15) is 45.6 Å². The fourth-order valence-electron chi connectivity index (χ4n) is 5.06. The number of aryl methyl sites for hydroxylation is 1. The molecule has 202 valence electrons. The number of amides is 2. The number of nitrogens with zero attached hydrogens (tertiary/aromatic N) is 4. The standard InChI is InChI=1S/C26H32N6O5S/c1-16-5-9-19(10-6-16)38(35,36)32-12-11-20-22(27-15-28-23(20)32)29-17-7-8-18-13-21(24(33)31(18)14-17)30-25(34)37-26(2,3)4/h5-6,9-12,15,17-18,21H,7-8,13-14H2,1-4H3,(H,30,34)(H,27,28,29)/t17-,18+,21+/m1/s1. The Balaban J connectivity index is 1.30. The Morgan fingerprint density at radius 3 is 2.55 bits per heavy atom. The number of piperidine rings is 1. The van der Waals surface area contributed by atoms with Gasteiger partial charge in [0.15, 0.2) is 5.65 Å². The molecule has 3 aromatic rings. The first kappa shape index (κ1) is 26.0. The molecule has 0 saturated carbocycles. The van der Waals surface area contributed by atoms with Gasteiger partial charge in [0.2, 0.25) is 5.91 Å². The van der Waals surface area contributed by atoms with Crippen LogP contribution in [-0.4, -0.2) is 69.5 Å². The Hall–Kier alpha value is -3.67. The number of fused-ring (bicyclic) bond motifs is 2. The van der Waals surface area contributed by atoms with E-state index < -0.39 is 27.8 Å². The van der Waals surface area contributed by atoms with Crippen molar-refractivity contribution in [2.24, 2.45) is 0 Å². The van der Waals surface area contributed by atoms with E-state index in [9.17, 15) is 18.0 Å². The summed E-state index contributed by atoms with van der Waals surface area (Å²) in [6.07, 6.45) is 4.32. The minimum Gasteiger partial charge on any atom is -0.444 e. The predicted molar refractivity (Wildman–Crippen MR) is 141 cm³/mol. The van der Waals surface area contributed by atoms with Gasteiger partial charge in [0.05, 0.1) is 10.3 Å². The molecule has 3 atom stereocenters. The van der Waals surface area contributed by atoms with Crippen LogP contribution < -0.4 is 10.6 Å². The maximum absolute atomic E-state index is 13.3. The molecule has 4 heterocycles. The first-order valence-corrected chi connectivity index (χ1v) is 14.1. The summed E-state index contributed by atoms with van der Waals surface area (Å²) in [5, 5.41) is 6.67. The van der Waals surface area contributed by atoms with Gasteiger partial charge in [0.25, 0.3) is 10.0 Å². The summed E-state index contributed by atoms with van der Waals surface area (Å²) in [6.45, 7) is 7.67. The van der Waals surface area contributed by atoms with Crippen LogP contribution in [0, 0.1) is 6.92 Å². The Morgan fingerprint density at radius 1 is 1.11 bits per heavy atom. The van der Waals surface area contributed by atoms with Crippen LogP contribution in [0.15, 0.2) is 47.8 Å². The van der Waals surface area contributed by atoms with Crippen LogP contribution in [0.5, 0.6) is 0 Å². The molecular formula is C26H32N6O5S. The number of rotatable bonds is 5. The summed E-state index contributed by atoms with van der Waals surface area (Å²) >= 11 is 0. The van der Waals surface area contributed by atoms with Gasteiger partial charge in [0.1, 0.15) is 23.8 Å². The molecule has 11 nitrogen and oxygen atoms in total. The molecule has 1 aromatic carbocycles. The zero-order chi connectivity index (χ0) is 27.2. The Morgan fingerprint density at radius 2 is 1.84 bits per heavy atom. The van der Waals surface area contributed by atoms with Crippen LogP contribution >= 0.6 is 0 Å². The summed E-state index contributed by atoms with van der Waals surface area (Å²) in [4.78, 5) is 35.8. The van der Waals surface area contributed by atoms with Gasteiger partial charge in [-0.05, 0) is 65.2 Å². The molecular weight excluding hydrogens is 508 g/mol. The Labute approximate surface area is 221 Å². The molecule has 2 fully saturated rings. The van der Waals surface area contributed by atoms with E-state index in [1.54, 1.807) is 56.0 Å². The van der Waals surface area contributed by atoms with E-state index >= 15 is 0 Å². The van der Waals surface area contributed by atoms with Crippen LogP contribution in [0.4, 0.5) is 10.6 Å². The van der Waals surface area contributed by atoms with Crippen LogP contribution in [0.2, 0.25) is 0 Å². The van der Waals surface area contributed by atoms with Crippen LogP contribution in [0.3, 0.4) is 0 Å². The molecule has 0 unspecified atom stereocenters. The van der Waals surface area contributed by atoms with E-state index in [-0.39, 0.29) is 28.5 Å². The summed E-state index contributed by atoms with van der Waals surface area (Å²) in [5.74, 6) is 0.377. The molecule has 2 aliphatic rings. The first-order valence-electron chi connectivity index (χ1n) is 12.6. The molecule has 38 heavy (non-hydrogen) atoms. The normalized spacial score (nSPS) is 21.8. The number of ether oxygens (including phenoxy) is 1. The number of alkyl carbamates (subject to hydrolysis) is 1. The van der Waals surface area contributed by atoms with Gasteiger partial charge >= 0.3 is 6.09 Å². The van der Waals surface area contributed by atoms with Crippen LogP contribution in [0.25, 0.3) is 11.0 Å². The maximum atomic E-state index is 13.3. The highest BCUT2D eigenvalue weighted by Crippen LogP contribution is 2.31. The third-order valence-corrected chi connectivity index (χ3v) is 8.53. The van der Waals surface area contributed by atoms with Gasteiger partial charge in [-0.25, -0.2) is 27.2 Å². The molecule has 2 N–H and O–H groups in total. The van der Waals surface area contributed by atoms with E-state index in [0.29, 0.717) is 24.2 Å². The lowest BCUT2D eigenvalue weighted by Gasteiger charge is -2.35. The number of hydrogen-bond donors (Lipinski definition) is 2. The second-order valence-corrected chi connectivity index (χ2v) is 12.7. The van der Waals surface area contributed by atoms with Gasteiger partial charge in [0, 0.05) is 24.8 Å². The fraction of sp³-hybridized carbons (Fsp3) is 0.462. The highest BCUT2D eigenvalue weighted by molar-refractivity contribution is 7.90. The van der Waals surface area contributed by atoms with Crippen molar-refractivity contribution in [2.75, 3.05) is 11.9 Å². The topological polar surface area (TPSA) is 136 Å². The predicted octanol–water partition coefficient (Wildman–Crippen LogP) is 3.05. The molecule has 2 amide bonds. The quantitative estimate of drug-likeness (QED) is 0.504.